The first-order chi connectivity index (χ1) is 9.70. The number of hydrogen-bond acceptors (Lipinski definition) is 4. The van der Waals surface area contributed by atoms with E-state index < -0.39 is 0 Å². The summed E-state index contributed by atoms with van der Waals surface area (Å²) in [6, 6.07) is 8.17. The molecule has 2 aromatic rings. The van der Waals surface area contributed by atoms with Gasteiger partial charge in [-0.25, -0.2) is 0 Å². The largest absolute Gasteiger partial charge is 0.393 e. The molecule has 1 aliphatic rings. The summed E-state index contributed by atoms with van der Waals surface area (Å²) in [6.07, 6.45) is 2.65. The van der Waals surface area contributed by atoms with Crippen LogP contribution in [0.1, 0.15) is 18.9 Å². The summed E-state index contributed by atoms with van der Waals surface area (Å²) < 4.78 is 0. The Hall–Kier alpha value is -1.65. The fourth-order valence-electron chi connectivity index (χ4n) is 3.08. The van der Waals surface area contributed by atoms with Crippen LogP contribution in [0, 0.1) is 5.92 Å². The number of aliphatic hydroxyl groups excluding tert-OH is 1. The Labute approximate surface area is 119 Å². The number of nitrogens with two attached hydrogens (primary N) is 1. The molecule has 0 aliphatic carbocycles. The number of pyridine rings is 1. The van der Waals surface area contributed by atoms with Crippen LogP contribution in [0.2, 0.25) is 0 Å². The third-order valence-corrected chi connectivity index (χ3v) is 4.27. The van der Waals surface area contributed by atoms with E-state index in [1.807, 2.05) is 31.3 Å². The highest BCUT2D eigenvalue weighted by Gasteiger charge is 2.28. The van der Waals surface area contributed by atoms with Gasteiger partial charge in [0.1, 0.15) is 0 Å². The zero-order chi connectivity index (χ0) is 14.1. The van der Waals surface area contributed by atoms with Crippen LogP contribution in [0.4, 0.5) is 5.69 Å². The topological polar surface area (TPSA) is 62.4 Å². The number of benzene rings is 1. The van der Waals surface area contributed by atoms with E-state index in [0.29, 0.717) is 12.5 Å². The second-order valence-electron chi connectivity index (χ2n) is 5.59. The van der Waals surface area contributed by atoms with Crippen molar-refractivity contribution >= 4 is 16.6 Å². The molecule has 0 saturated carbocycles. The van der Waals surface area contributed by atoms with Crippen LogP contribution in [0.15, 0.2) is 30.5 Å². The molecule has 2 heterocycles. The molecular weight excluding hydrogens is 250 g/mol. The first-order valence-corrected chi connectivity index (χ1v) is 7.20. The van der Waals surface area contributed by atoms with Crippen LogP contribution >= 0.6 is 0 Å². The Morgan fingerprint density at radius 2 is 2.25 bits per heavy atom. The molecule has 3 rings (SSSR count). The minimum Gasteiger partial charge on any atom is -0.393 e. The molecule has 1 saturated heterocycles. The first kappa shape index (κ1) is 13.3. The van der Waals surface area contributed by atoms with Crippen LogP contribution in [0.5, 0.6) is 0 Å². The van der Waals surface area contributed by atoms with Gasteiger partial charge in [0.25, 0.3) is 0 Å². The lowest BCUT2D eigenvalue weighted by molar-refractivity contribution is 0.136. The summed E-state index contributed by atoms with van der Waals surface area (Å²) in [6.45, 7) is 4.22. The monoisotopic (exact) mass is 271 g/mol. The number of rotatable bonds is 3. The number of nitrogens with zero attached hydrogens (tertiary/aromatic N) is 2. The standard InChI is InChI=1S/C16H21N3O/c1-11(20)12-6-7-19(10-12)16-13(8-17)9-18-15-5-3-2-4-14(15)16/h2-5,9,11-12,20H,6-8,10,17H2,1H3. The average Bonchev–Trinajstić information content (AvgIpc) is 2.95. The minimum absolute atomic E-state index is 0.255. The maximum absolute atomic E-state index is 9.79. The number of aliphatic hydroxyl groups is 1. The molecule has 1 aromatic carbocycles. The van der Waals surface area contributed by atoms with E-state index >= 15 is 0 Å². The molecule has 0 amide bonds. The Bertz CT molecular complexity index is 612. The van der Waals surface area contributed by atoms with E-state index in [1.54, 1.807) is 0 Å². The molecule has 3 N–H and O–H groups in total. The van der Waals surface area contributed by atoms with E-state index in [-0.39, 0.29) is 6.10 Å². The molecular formula is C16H21N3O. The second-order valence-corrected chi connectivity index (χ2v) is 5.59. The Morgan fingerprint density at radius 3 is 2.95 bits per heavy atom. The van der Waals surface area contributed by atoms with Crippen LogP contribution in [-0.2, 0) is 6.54 Å². The maximum atomic E-state index is 9.79. The Morgan fingerprint density at radius 1 is 1.45 bits per heavy atom. The van der Waals surface area contributed by atoms with Crippen molar-refractivity contribution in [2.24, 2.45) is 11.7 Å². The Kier molecular flexibility index (Phi) is 3.59. The minimum atomic E-state index is -0.255. The van der Waals surface area contributed by atoms with Crippen LogP contribution < -0.4 is 10.6 Å². The zero-order valence-corrected chi connectivity index (χ0v) is 11.8. The molecule has 2 unspecified atom stereocenters. The van der Waals surface area contributed by atoms with Crippen molar-refractivity contribution in [3.63, 3.8) is 0 Å². The van der Waals surface area contributed by atoms with E-state index in [1.165, 1.54) is 5.69 Å². The number of fused-ring (bicyclic) bond motifs is 1. The van der Waals surface area contributed by atoms with E-state index in [2.05, 4.69) is 16.0 Å². The summed E-state index contributed by atoms with van der Waals surface area (Å²) in [5.74, 6) is 0.340. The lowest BCUT2D eigenvalue weighted by Crippen LogP contribution is -2.25. The van der Waals surface area contributed by atoms with Crippen molar-refractivity contribution in [2.45, 2.75) is 26.0 Å². The van der Waals surface area contributed by atoms with E-state index in [0.717, 1.165) is 36.0 Å². The molecule has 106 valence electrons. The third-order valence-electron chi connectivity index (χ3n) is 4.27. The van der Waals surface area contributed by atoms with Gasteiger partial charge in [-0.1, -0.05) is 18.2 Å². The second kappa shape index (κ2) is 5.38. The smallest absolute Gasteiger partial charge is 0.0723 e. The summed E-state index contributed by atoms with van der Waals surface area (Å²) in [5, 5.41) is 10.9. The van der Waals surface area contributed by atoms with Crippen molar-refractivity contribution in [1.29, 1.82) is 0 Å². The maximum Gasteiger partial charge on any atom is 0.0723 e. The van der Waals surface area contributed by atoms with Gasteiger partial charge in [0.05, 0.1) is 17.3 Å². The van der Waals surface area contributed by atoms with Crippen molar-refractivity contribution in [3.05, 3.63) is 36.0 Å². The van der Waals surface area contributed by atoms with Gasteiger partial charge in [-0.3, -0.25) is 4.98 Å². The zero-order valence-electron chi connectivity index (χ0n) is 11.8. The number of hydrogen-bond donors (Lipinski definition) is 2. The van der Waals surface area contributed by atoms with Crippen molar-refractivity contribution in [1.82, 2.24) is 4.98 Å². The highest BCUT2D eigenvalue weighted by atomic mass is 16.3. The number of para-hydroxylation sites is 1. The molecule has 4 nitrogen and oxygen atoms in total. The highest BCUT2D eigenvalue weighted by molar-refractivity contribution is 5.93. The molecule has 0 radical (unpaired) electrons. The van der Waals surface area contributed by atoms with Crippen molar-refractivity contribution in [2.75, 3.05) is 18.0 Å². The predicted molar refractivity (Wildman–Crippen MR) is 81.6 cm³/mol. The van der Waals surface area contributed by atoms with Gasteiger partial charge in [0, 0.05) is 42.7 Å². The lowest BCUT2D eigenvalue weighted by atomic mass is 10.0. The molecule has 4 heteroatoms. The lowest BCUT2D eigenvalue weighted by Gasteiger charge is -2.24. The molecule has 2 atom stereocenters. The normalized spacial score (nSPS) is 20.6. The van der Waals surface area contributed by atoms with Crippen LogP contribution in [-0.4, -0.2) is 29.3 Å². The van der Waals surface area contributed by atoms with Crippen LogP contribution in [0.3, 0.4) is 0 Å². The van der Waals surface area contributed by atoms with E-state index in [4.69, 9.17) is 5.73 Å². The highest BCUT2D eigenvalue weighted by Crippen LogP contribution is 2.33. The fraction of sp³-hybridized carbons (Fsp3) is 0.438. The predicted octanol–water partition coefficient (Wildman–Crippen LogP) is 1.90. The summed E-state index contributed by atoms with van der Waals surface area (Å²) >= 11 is 0. The van der Waals surface area contributed by atoms with Gasteiger partial charge in [-0.05, 0) is 19.4 Å². The van der Waals surface area contributed by atoms with Gasteiger partial charge in [-0.2, -0.15) is 0 Å². The quantitative estimate of drug-likeness (QED) is 0.895. The summed E-state index contributed by atoms with van der Waals surface area (Å²) in [4.78, 5) is 6.83. The molecule has 1 aliphatic heterocycles. The fourth-order valence-corrected chi connectivity index (χ4v) is 3.08. The van der Waals surface area contributed by atoms with Gasteiger partial charge in [0.15, 0.2) is 0 Å². The van der Waals surface area contributed by atoms with Gasteiger partial charge < -0.3 is 15.7 Å². The van der Waals surface area contributed by atoms with Crippen molar-refractivity contribution < 1.29 is 5.11 Å². The third kappa shape index (κ3) is 2.25. The molecule has 0 bridgehead atoms. The van der Waals surface area contributed by atoms with Gasteiger partial charge >= 0.3 is 0 Å². The van der Waals surface area contributed by atoms with E-state index in [9.17, 15) is 5.11 Å². The summed E-state index contributed by atoms with van der Waals surface area (Å²) in [7, 11) is 0. The van der Waals surface area contributed by atoms with Gasteiger partial charge in [0.2, 0.25) is 0 Å². The number of aromatic nitrogens is 1. The first-order valence-electron chi connectivity index (χ1n) is 7.20. The average molecular weight is 271 g/mol. The van der Waals surface area contributed by atoms with Gasteiger partial charge in [-0.15, -0.1) is 0 Å². The Balaban J connectivity index is 2.05. The number of anilines is 1. The van der Waals surface area contributed by atoms with Crippen LogP contribution in [0.25, 0.3) is 10.9 Å². The molecule has 1 fully saturated rings. The molecule has 0 spiro atoms. The summed E-state index contributed by atoms with van der Waals surface area (Å²) in [5.41, 5.74) is 9.16. The molecule has 1 aromatic heterocycles. The molecule has 20 heavy (non-hydrogen) atoms. The SMILES string of the molecule is CC(O)C1CCN(c2c(CN)cnc3ccccc23)C1. The van der Waals surface area contributed by atoms with Crippen molar-refractivity contribution in [3.8, 4) is 0 Å².